The van der Waals surface area contributed by atoms with Crippen molar-refractivity contribution in [3.8, 4) is 0 Å². The summed E-state index contributed by atoms with van der Waals surface area (Å²) in [5.74, 6) is 1.84. The molecule has 1 aromatic carbocycles. The molecular formula is C18H27Br. The number of halogens is 1. The highest BCUT2D eigenvalue weighted by molar-refractivity contribution is 9.10. The molecule has 0 unspecified atom stereocenters. The average Bonchev–Trinajstić information content (AvgIpc) is 2.45. The largest absolute Gasteiger partial charge is 0.0654 e. The maximum atomic E-state index is 3.52. The third-order valence-electron chi connectivity index (χ3n) is 4.65. The Morgan fingerprint density at radius 2 is 1.63 bits per heavy atom. The molecule has 19 heavy (non-hydrogen) atoms. The zero-order chi connectivity index (χ0) is 13.5. The summed E-state index contributed by atoms with van der Waals surface area (Å²) in [6.45, 7) is 2.30. The first kappa shape index (κ1) is 15.1. The van der Waals surface area contributed by atoms with E-state index in [4.69, 9.17) is 0 Å². The average molecular weight is 323 g/mol. The van der Waals surface area contributed by atoms with Crippen LogP contribution in [0.1, 0.15) is 76.2 Å². The summed E-state index contributed by atoms with van der Waals surface area (Å²) in [5, 5.41) is 0. The van der Waals surface area contributed by atoms with Crippen LogP contribution in [0.3, 0.4) is 0 Å². The van der Waals surface area contributed by atoms with Gasteiger partial charge in [0.25, 0.3) is 0 Å². The van der Waals surface area contributed by atoms with E-state index in [0.29, 0.717) is 0 Å². The first-order valence-corrected chi connectivity index (χ1v) is 8.84. The summed E-state index contributed by atoms with van der Waals surface area (Å²) in [7, 11) is 0. The van der Waals surface area contributed by atoms with E-state index in [-0.39, 0.29) is 0 Å². The van der Waals surface area contributed by atoms with Gasteiger partial charge in [-0.2, -0.15) is 0 Å². The summed E-state index contributed by atoms with van der Waals surface area (Å²) >= 11 is 3.52. The van der Waals surface area contributed by atoms with Crippen LogP contribution in [0, 0.1) is 5.92 Å². The molecule has 106 valence electrons. The molecule has 0 saturated heterocycles. The highest BCUT2D eigenvalue weighted by Crippen LogP contribution is 2.37. The lowest BCUT2D eigenvalue weighted by Crippen LogP contribution is -2.13. The summed E-state index contributed by atoms with van der Waals surface area (Å²) in [5.41, 5.74) is 1.55. The maximum Gasteiger partial charge on any atom is 0.0175 e. The van der Waals surface area contributed by atoms with Crippen LogP contribution in [0.25, 0.3) is 0 Å². The molecule has 0 aromatic heterocycles. The van der Waals surface area contributed by atoms with Crippen LogP contribution in [0.15, 0.2) is 28.7 Å². The minimum Gasteiger partial charge on any atom is -0.0654 e. The molecule has 0 amide bonds. The van der Waals surface area contributed by atoms with Crippen LogP contribution in [-0.2, 0) is 0 Å². The smallest absolute Gasteiger partial charge is 0.0175 e. The van der Waals surface area contributed by atoms with Gasteiger partial charge in [0.15, 0.2) is 0 Å². The van der Waals surface area contributed by atoms with E-state index in [1.54, 1.807) is 5.56 Å². The van der Waals surface area contributed by atoms with Gasteiger partial charge < -0.3 is 0 Å². The normalized spacial score (nSPS) is 23.5. The van der Waals surface area contributed by atoms with Gasteiger partial charge >= 0.3 is 0 Å². The Morgan fingerprint density at radius 3 is 2.26 bits per heavy atom. The fraction of sp³-hybridized carbons (Fsp3) is 0.667. The molecule has 0 bridgehead atoms. The zero-order valence-corrected chi connectivity index (χ0v) is 13.8. The van der Waals surface area contributed by atoms with Gasteiger partial charge in [-0.05, 0) is 55.2 Å². The molecular weight excluding hydrogens is 296 g/mol. The lowest BCUT2D eigenvalue weighted by atomic mass is 9.77. The summed E-state index contributed by atoms with van der Waals surface area (Å²) in [6, 6.07) is 8.98. The molecule has 2 rings (SSSR count). The standard InChI is InChI=1S/C18H27Br/c1-2-3-4-5-6-15-7-9-16(10-8-15)17-11-13-18(19)14-12-17/h11-16H,2-10H2,1H3/t15-,16-. The summed E-state index contributed by atoms with van der Waals surface area (Å²) in [6.07, 6.45) is 12.9. The Kier molecular flexibility index (Phi) is 6.43. The van der Waals surface area contributed by atoms with Gasteiger partial charge in [0.2, 0.25) is 0 Å². The molecule has 1 saturated carbocycles. The highest BCUT2D eigenvalue weighted by atomic mass is 79.9. The van der Waals surface area contributed by atoms with Crippen molar-refractivity contribution >= 4 is 15.9 Å². The van der Waals surface area contributed by atoms with Crippen LogP contribution in [-0.4, -0.2) is 0 Å². The molecule has 1 aliphatic rings. The van der Waals surface area contributed by atoms with Gasteiger partial charge in [0.1, 0.15) is 0 Å². The van der Waals surface area contributed by atoms with E-state index in [2.05, 4.69) is 47.1 Å². The monoisotopic (exact) mass is 322 g/mol. The topological polar surface area (TPSA) is 0 Å². The Balaban J connectivity index is 1.71. The number of benzene rings is 1. The van der Waals surface area contributed by atoms with Crippen molar-refractivity contribution in [2.45, 2.75) is 70.6 Å². The van der Waals surface area contributed by atoms with Crippen molar-refractivity contribution in [2.24, 2.45) is 5.92 Å². The second-order valence-electron chi connectivity index (χ2n) is 6.12. The quantitative estimate of drug-likeness (QED) is 0.511. The van der Waals surface area contributed by atoms with Gasteiger partial charge in [0.05, 0.1) is 0 Å². The first-order chi connectivity index (χ1) is 9.29. The minimum absolute atomic E-state index is 0.819. The number of hydrogen-bond donors (Lipinski definition) is 0. The van der Waals surface area contributed by atoms with E-state index in [0.717, 1.165) is 11.8 Å². The number of rotatable bonds is 6. The van der Waals surface area contributed by atoms with Crippen molar-refractivity contribution in [1.29, 1.82) is 0 Å². The molecule has 0 aliphatic heterocycles. The fourth-order valence-electron chi connectivity index (χ4n) is 3.38. The van der Waals surface area contributed by atoms with E-state index < -0.39 is 0 Å². The first-order valence-electron chi connectivity index (χ1n) is 8.05. The van der Waals surface area contributed by atoms with Gasteiger partial charge in [0, 0.05) is 4.47 Å². The van der Waals surface area contributed by atoms with E-state index in [1.165, 1.54) is 62.3 Å². The number of hydrogen-bond acceptors (Lipinski definition) is 0. The van der Waals surface area contributed by atoms with Crippen LogP contribution in [0.2, 0.25) is 0 Å². The predicted molar refractivity (Wildman–Crippen MR) is 87.6 cm³/mol. The Labute approximate surface area is 127 Å². The summed E-state index contributed by atoms with van der Waals surface area (Å²) < 4.78 is 1.20. The zero-order valence-electron chi connectivity index (χ0n) is 12.2. The van der Waals surface area contributed by atoms with Crippen molar-refractivity contribution < 1.29 is 0 Å². The van der Waals surface area contributed by atoms with E-state index in [9.17, 15) is 0 Å². The van der Waals surface area contributed by atoms with Gasteiger partial charge in [-0.25, -0.2) is 0 Å². The predicted octanol–water partition coefficient (Wildman–Crippen LogP) is 6.69. The minimum atomic E-state index is 0.819. The molecule has 0 N–H and O–H groups in total. The van der Waals surface area contributed by atoms with Gasteiger partial charge in [-0.15, -0.1) is 0 Å². The molecule has 1 fully saturated rings. The lowest BCUT2D eigenvalue weighted by Gasteiger charge is -2.29. The maximum absolute atomic E-state index is 3.52. The van der Waals surface area contributed by atoms with Crippen molar-refractivity contribution in [3.05, 3.63) is 34.3 Å². The van der Waals surface area contributed by atoms with Crippen LogP contribution >= 0.6 is 15.9 Å². The van der Waals surface area contributed by atoms with Crippen molar-refractivity contribution in [1.82, 2.24) is 0 Å². The van der Waals surface area contributed by atoms with Gasteiger partial charge in [-0.3, -0.25) is 0 Å². The molecule has 0 spiro atoms. The molecule has 0 atom stereocenters. The SMILES string of the molecule is CCCCCC[C@H]1CC[C@H](c2ccc(Br)cc2)CC1. The van der Waals surface area contributed by atoms with Crippen LogP contribution < -0.4 is 0 Å². The fourth-order valence-corrected chi connectivity index (χ4v) is 3.64. The molecule has 1 aliphatic carbocycles. The second-order valence-corrected chi connectivity index (χ2v) is 7.03. The third-order valence-corrected chi connectivity index (χ3v) is 5.18. The van der Waals surface area contributed by atoms with E-state index in [1.807, 2.05) is 0 Å². The highest BCUT2D eigenvalue weighted by Gasteiger charge is 2.21. The van der Waals surface area contributed by atoms with Crippen LogP contribution in [0.4, 0.5) is 0 Å². The summed E-state index contributed by atoms with van der Waals surface area (Å²) in [4.78, 5) is 0. The Hall–Kier alpha value is -0.300. The lowest BCUT2D eigenvalue weighted by molar-refractivity contribution is 0.302. The Bertz CT molecular complexity index is 346. The third kappa shape index (κ3) is 4.95. The number of unbranched alkanes of at least 4 members (excludes halogenated alkanes) is 3. The van der Waals surface area contributed by atoms with Crippen molar-refractivity contribution in [2.75, 3.05) is 0 Å². The van der Waals surface area contributed by atoms with E-state index >= 15 is 0 Å². The molecule has 1 heteroatoms. The van der Waals surface area contributed by atoms with Crippen molar-refractivity contribution in [3.63, 3.8) is 0 Å². The molecule has 0 radical (unpaired) electrons. The Morgan fingerprint density at radius 1 is 0.947 bits per heavy atom. The molecule has 1 aromatic rings. The molecule has 0 nitrogen and oxygen atoms in total. The van der Waals surface area contributed by atoms with Gasteiger partial charge in [-0.1, -0.05) is 67.1 Å². The second kappa shape index (κ2) is 8.09. The van der Waals surface area contributed by atoms with Crippen LogP contribution in [0.5, 0.6) is 0 Å². The molecule has 0 heterocycles.